The van der Waals surface area contributed by atoms with E-state index in [0.717, 1.165) is 19.4 Å². The van der Waals surface area contributed by atoms with Crippen LogP contribution in [0.15, 0.2) is 12.3 Å². The first-order valence-corrected chi connectivity index (χ1v) is 7.73. The largest absolute Gasteiger partial charge is 0.397 e. The Morgan fingerprint density at radius 2 is 2.05 bits per heavy atom. The quantitative estimate of drug-likeness (QED) is 0.847. The van der Waals surface area contributed by atoms with Crippen LogP contribution in [0.2, 0.25) is 5.15 Å². The molecule has 1 heterocycles. The van der Waals surface area contributed by atoms with Gasteiger partial charge in [-0.1, -0.05) is 24.4 Å². The van der Waals surface area contributed by atoms with Gasteiger partial charge in [0.25, 0.3) is 5.91 Å². The fourth-order valence-electron chi connectivity index (χ4n) is 2.74. The number of nitrogen functional groups attached to an aromatic ring is 1. The number of pyridine rings is 1. The lowest BCUT2D eigenvalue weighted by atomic mass is 10.1. The number of nitrogens with two attached hydrogens (primary N) is 1. The Morgan fingerprint density at radius 3 is 2.67 bits per heavy atom. The van der Waals surface area contributed by atoms with Gasteiger partial charge in [0.1, 0.15) is 5.15 Å². The van der Waals surface area contributed by atoms with Crippen molar-refractivity contribution in [3.63, 3.8) is 0 Å². The molecule has 1 amide bonds. The molecule has 2 rings (SSSR count). The third-order valence-corrected chi connectivity index (χ3v) is 4.21. The summed E-state index contributed by atoms with van der Waals surface area (Å²) < 4.78 is 0. The molecule has 0 radical (unpaired) electrons. The van der Waals surface area contributed by atoms with E-state index in [4.69, 9.17) is 17.3 Å². The van der Waals surface area contributed by atoms with E-state index in [1.165, 1.54) is 19.0 Å². The molecule has 6 heteroatoms. The molecule has 0 aromatic carbocycles. The van der Waals surface area contributed by atoms with Crippen LogP contribution in [0.5, 0.6) is 0 Å². The summed E-state index contributed by atoms with van der Waals surface area (Å²) in [5, 5.41) is 0.224. The van der Waals surface area contributed by atoms with Crippen LogP contribution in [-0.4, -0.2) is 53.9 Å². The molecule has 1 fully saturated rings. The third kappa shape index (κ3) is 4.08. The molecule has 1 aliphatic rings. The summed E-state index contributed by atoms with van der Waals surface area (Å²) in [6.07, 6.45) is 5.95. The average molecular weight is 311 g/mol. The standard InChI is InChI=1S/C15H23ClN4O/c1-19(2)7-8-20(12-5-3-4-6-12)15(21)13-9-11(17)10-18-14(13)16/h9-10,12H,3-8,17H2,1-2H3. The summed E-state index contributed by atoms with van der Waals surface area (Å²) >= 11 is 6.08. The average Bonchev–Trinajstić information content (AvgIpc) is 2.95. The van der Waals surface area contributed by atoms with E-state index in [0.29, 0.717) is 23.8 Å². The minimum atomic E-state index is -0.0615. The molecule has 0 aliphatic heterocycles. The summed E-state index contributed by atoms with van der Waals surface area (Å²) in [7, 11) is 4.01. The molecule has 1 aromatic rings. The van der Waals surface area contributed by atoms with Crippen molar-refractivity contribution >= 4 is 23.2 Å². The summed E-state index contributed by atoms with van der Waals surface area (Å²) in [5.74, 6) is -0.0615. The van der Waals surface area contributed by atoms with Gasteiger partial charge in [0.2, 0.25) is 0 Å². The van der Waals surface area contributed by atoms with Gasteiger partial charge in [-0.2, -0.15) is 0 Å². The Hall–Kier alpha value is -1.33. The van der Waals surface area contributed by atoms with Crippen LogP contribution in [0, 0.1) is 0 Å². The van der Waals surface area contributed by atoms with Crippen LogP contribution in [0.25, 0.3) is 0 Å². The molecule has 5 nitrogen and oxygen atoms in total. The van der Waals surface area contributed by atoms with E-state index in [2.05, 4.69) is 9.88 Å². The Balaban J connectivity index is 2.21. The Kier molecular flexibility index (Phi) is 5.42. The number of nitrogens with zero attached hydrogens (tertiary/aromatic N) is 3. The Bertz CT molecular complexity index is 500. The van der Waals surface area contributed by atoms with Crippen molar-refractivity contribution in [3.8, 4) is 0 Å². The van der Waals surface area contributed by atoms with Crippen LogP contribution in [0.4, 0.5) is 5.69 Å². The number of amides is 1. The number of carbonyl (C=O) groups is 1. The van der Waals surface area contributed by atoms with Crippen molar-refractivity contribution in [3.05, 3.63) is 23.0 Å². The number of hydrogen-bond donors (Lipinski definition) is 1. The zero-order valence-electron chi connectivity index (χ0n) is 12.7. The van der Waals surface area contributed by atoms with Crippen molar-refractivity contribution < 1.29 is 4.79 Å². The van der Waals surface area contributed by atoms with E-state index in [9.17, 15) is 4.79 Å². The zero-order chi connectivity index (χ0) is 15.4. The van der Waals surface area contributed by atoms with Crippen molar-refractivity contribution in [2.24, 2.45) is 0 Å². The maximum absolute atomic E-state index is 12.8. The highest BCUT2D eigenvalue weighted by Crippen LogP contribution is 2.26. The molecule has 0 spiro atoms. The maximum atomic E-state index is 12.8. The first kappa shape index (κ1) is 16.0. The van der Waals surface area contributed by atoms with Crippen molar-refractivity contribution in [1.29, 1.82) is 0 Å². The molecule has 0 atom stereocenters. The minimum Gasteiger partial charge on any atom is -0.397 e. The van der Waals surface area contributed by atoms with E-state index < -0.39 is 0 Å². The van der Waals surface area contributed by atoms with Gasteiger partial charge in [-0.25, -0.2) is 4.98 Å². The lowest BCUT2D eigenvalue weighted by molar-refractivity contribution is 0.0667. The predicted molar refractivity (Wildman–Crippen MR) is 85.5 cm³/mol. The van der Waals surface area contributed by atoms with E-state index in [1.54, 1.807) is 6.07 Å². The number of anilines is 1. The van der Waals surface area contributed by atoms with Gasteiger partial charge in [-0.05, 0) is 33.0 Å². The van der Waals surface area contributed by atoms with Crippen molar-refractivity contribution in [1.82, 2.24) is 14.8 Å². The lowest BCUT2D eigenvalue weighted by Crippen LogP contribution is -2.42. The van der Waals surface area contributed by atoms with Crippen LogP contribution < -0.4 is 5.73 Å². The molecular weight excluding hydrogens is 288 g/mol. The van der Waals surface area contributed by atoms with Crippen LogP contribution in [0.1, 0.15) is 36.0 Å². The van der Waals surface area contributed by atoms with Gasteiger partial charge in [0.05, 0.1) is 17.4 Å². The number of rotatable bonds is 5. The monoisotopic (exact) mass is 310 g/mol. The highest BCUT2D eigenvalue weighted by atomic mass is 35.5. The molecule has 1 saturated carbocycles. The second-order valence-electron chi connectivity index (χ2n) is 5.85. The first-order chi connectivity index (χ1) is 9.99. The molecule has 0 saturated heterocycles. The summed E-state index contributed by atoms with van der Waals surface area (Å²) in [6, 6.07) is 1.92. The lowest BCUT2D eigenvalue weighted by Gasteiger charge is -2.30. The van der Waals surface area contributed by atoms with Gasteiger partial charge in [0, 0.05) is 19.1 Å². The normalized spacial score (nSPS) is 15.6. The van der Waals surface area contributed by atoms with Crippen molar-refractivity contribution in [2.75, 3.05) is 32.9 Å². The number of halogens is 1. The molecule has 0 bridgehead atoms. The molecule has 21 heavy (non-hydrogen) atoms. The van der Waals surface area contributed by atoms with Gasteiger partial charge in [-0.15, -0.1) is 0 Å². The minimum absolute atomic E-state index is 0.0615. The Morgan fingerprint density at radius 1 is 1.38 bits per heavy atom. The van der Waals surface area contributed by atoms with E-state index in [-0.39, 0.29) is 11.1 Å². The maximum Gasteiger partial charge on any atom is 0.257 e. The van der Waals surface area contributed by atoms with Crippen LogP contribution in [-0.2, 0) is 0 Å². The van der Waals surface area contributed by atoms with Gasteiger partial charge in [0.15, 0.2) is 0 Å². The van der Waals surface area contributed by atoms with Gasteiger partial charge in [-0.3, -0.25) is 4.79 Å². The number of hydrogen-bond acceptors (Lipinski definition) is 4. The summed E-state index contributed by atoms with van der Waals surface area (Å²) in [4.78, 5) is 20.8. The predicted octanol–water partition coefficient (Wildman–Crippen LogP) is 2.26. The summed E-state index contributed by atoms with van der Waals surface area (Å²) in [6.45, 7) is 1.53. The molecular formula is C15H23ClN4O. The number of carbonyl (C=O) groups excluding carboxylic acids is 1. The zero-order valence-corrected chi connectivity index (χ0v) is 13.4. The first-order valence-electron chi connectivity index (χ1n) is 7.35. The highest BCUT2D eigenvalue weighted by molar-refractivity contribution is 6.32. The van der Waals surface area contributed by atoms with Gasteiger partial charge >= 0.3 is 0 Å². The third-order valence-electron chi connectivity index (χ3n) is 3.91. The fourth-order valence-corrected chi connectivity index (χ4v) is 2.93. The smallest absolute Gasteiger partial charge is 0.257 e. The fraction of sp³-hybridized carbons (Fsp3) is 0.600. The molecule has 116 valence electrons. The second-order valence-corrected chi connectivity index (χ2v) is 6.21. The Labute approximate surface area is 131 Å². The highest BCUT2D eigenvalue weighted by Gasteiger charge is 2.28. The SMILES string of the molecule is CN(C)CCN(C(=O)c1cc(N)cnc1Cl)C1CCCC1. The van der Waals surface area contributed by atoms with Gasteiger partial charge < -0.3 is 15.5 Å². The second kappa shape index (κ2) is 7.09. The molecule has 2 N–H and O–H groups in total. The van der Waals surface area contributed by atoms with Crippen LogP contribution >= 0.6 is 11.6 Å². The number of aromatic nitrogens is 1. The van der Waals surface area contributed by atoms with E-state index >= 15 is 0 Å². The summed E-state index contributed by atoms with van der Waals surface area (Å²) in [5.41, 5.74) is 6.61. The molecule has 0 unspecified atom stereocenters. The van der Waals surface area contributed by atoms with E-state index in [1.807, 2.05) is 19.0 Å². The van der Waals surface area contributed by atoms with Crippen LogP contribution in [0.3, 0.4) is 0 Å². The number of likely N-dealkylation sites (N-methyl/N-ethyl adjacent to an activating group) is 1. The van der Waals surface area contributed by atoms with Crippen molar-refractivity contribution in [2.45, 2.75) is 31.7 Å². The molecule has 1 aromatic heterocycles. The topological polar surface area (TPSA) is 62.5 Å². The molecule has 1 aliphatic carbocycles.